The lowest BCUT2D eigenvalue weighted by atomic mass is 10.3. The minimum atomic E-state index is -4.41. The highest BCUT2D eigenvalue weighted by molar-refractivity contribution is 5.13. The minimum Gasteiger partial charge on any atom is -0.467 e. The maximum Gasteiger partial charge on any atom is 0.435 e. The van der Waals surface area contributed by atoms with Crippen molar-refractivity contribution in [3.05, 3.63) is 41.6 Å². The Kier molecular flexibility index (Phi) is 3.94. The molecular formula is C12H14F3N3O. The van der Waals surface area contributed by atoms with Gasteiger partial charge >= 0.3 is 6.18 Å². The minimum absolute atomic E-state index is 0.183. The number of hydrogen-bond donors (Lipinski definition) is 1. The summed E-state index contributed by atoms with van der Waals surface area (Å²) < 4.78 is 43.6. The number of furan rings is 1. The molecule has 0 bridgehead atoms. The van der Waals surface area contributed by atoms with E-state index in [0.29, 0.717) is 12.3 Å². The molecule has 2 rings (SSSR count). The average Bonchev–Trinajstić information content (AvgIpc) is 2.95. The number of aromatic nitrogens is 2. The van der Waals surface area contributed by atoms with Crippen LogP contribution in [0.25, 0.3) is 0 Å². The quantitative estimate of drug-likeness (QED) is 0.910. The van der Waals surface area contributed by atoms with Gasteiger partial charge in [0.2, 0.25) is 0 Å². The van der Waals surface area contributed by atoms with Gasteiger partial charge in [-0.1, -0.05) is 6.92 Å². The molecule has 4 nitrogen and oxygen atoms in total. The van der Waals surface area contributed by atoms with Crippen LogP contribution in [0.2, 0.25) is 0 Å². The molecule has 104 valence electrons. The molecule has 0 radical (unpaired) electrons. The topological polar surface area (TPSA) is 43.0 Å². The SMILES string of the molecule is CCNCc1coc(Cn2ccc(C(F)(F)F)n2)c1. The van der Waals surface area contributed by atoms with Crippen molar-refractivity contribution in [3.63, 3.8) is 0 Å². The summed E-state index contributed by atoms with van der Waals surface area (Å²) in [6.07, 6.45) is -1.54. The van der Waals surface area contributed by atoms with Crippen molar-refractivity contribution >= 4 is 0 Å². The van der Waals surface area contributed by atoms with E-state index >= 15 is 0 Å². The van der Waals surface area contributed by atoms with Gasteiger partial charge in [-0.2, -0.15) is 18.3 Å². The number of alkyl halides is 3. The highest BCUT2D eigenvalue weighted by Crippen LogP contribution is 2.27. The van der Waals surface area contributed by atoms with Crippen molar-refractivity contribution in [2.24, 2.45) is 0 Å². The van der Waals surface area contributed by atoms with Gasteiger partial charge in [0.05, 0.1) is 12.8 Å². The first-order valence-corrected chi connectivity index (χ1v) is 5.86. The largest absolute Gasteiger partial charge is 0.467 e. The van der Waals surface area contributed by atoms with Gasteiger partial charge in [-0.25, -0.2) is 0 Å². The van der Waals surface area contributed by atoms with Crippen LogP contribution in [0, 0.1) is 0 Å². The van der Waals surface area contributed by atoms with Gasteiger partial charge in [0.15, 0.2) is 5.69 Å². The first-order valence-electron chi connectivity index (χ1n) is 5.86. The summed E-state index contributed by atoms with van der Waals surface area (Å²) >= 11 is 0. The molecule has 0 aliphatic rings. The number of nitrogens with one attached hydrogen (secondary N) is 1. The molecule has 0 saturated heterocycles. The van der Waals surface area contributed by atoms with Gasteiger partial charge in [-0.15, -0.1) is 0 Å². The highest BCUT2D eigenvalue weighted by Gasteiger charge is 2.33. The Bertz CT molecular complexity index is 530. The zero-order valence-corrected chi connectivity index (χ0v) is 10.4. The third kappa shape index (κ3) is 3.60. The summed E-state index contributed by atoms with van der Waals surface area (Å²) in [7, 11) is 0. The van der Waals surface area contributed by atoms with Crippen LogP contribution in [0.4, 0.5) is 13.2 Å². The van der Waals surface area contributed by atoms with E-state index in [1.165, 1.54) is 10.9 Å². The van der Waals surface area contributed by atoms with E-state index in [1.807, 2.05) is 6.92 Å². The molecule has 7 heteroatoms. The zero-order chi connectivity index (χ0) is 13.9. The summed E-state index contributed by atoms with van der Waals surface area (Å²) in [4.78, 5) is 0. The van der Waals surface area contributed by atoms with Crippen molar-refractivity contribution in [2.75, 3.05) is 6.54 Å². The summed E-state index contributed by atoms with van der Waals surface area (Å²) in [5.74, 6) is 0.574. The first-order chi connectivity index (χ1) is 8.99. The van der Waals surface area contributed by atoms with Gasteiger partial charge in [0.25, 0.3) is 0 Å². The number of hydrogen-bond acceptors (Lipinski definition) is 3. The maximum absolute atomic E-state index is 12.4. The van der Waals surface area contributed by atoms with Crippen molar-refractivity contribution in [3.8, 4) is 0 Å². The fraction of sp³-hybridized carbons (Fsp3) is 0.417. The summed E-state index contributed by atoms with van der Waals surface area (Å²) in [5.41, 5.74) is 0.0620. The predicted octanol–water partition coefficient (Wildman–Crippen LogP) is 2.65. The molecule has 2 aromatic heterocycles. The number of halogens is 3. The van der Waals surface area contributed by atoms with Gasteiger partial charge in [-0.05, 0) is 18.7 Å². The first kappa shape index (κ1) is 13.7. The van der Waals surface area contributed by atoms with Crippen LogP contribution in [0.15, 0.2) is 29.0 Å². The Morgan fingerprint density at radius 2 is 2.21 bits per heavy atom. The van der Waals surface area contributed by atoms with Crippen LogP contribution in [-0.4, -0.2) is 16.3 Å². The lowest BCUT2D eigenvalue weighted by Crippen LogP contribution is -2.10. The van der Waals surface area contributed by atoms with E-state index in [4.69, 9.17) is 4.42 Å². The molecule has 2 heterocycles. The lowest BCUT2D eigenvalue weighted by molar-refractivity contribution is -0.141. The molecule has 0 aliphatic carbocycles. The predicted molar refractivity (Wildman–Crippen MR) is 62.4 cm³/mol. The van der Waals surface area contributed by atoms with E-state index in [2.05, 4.69) is 10.4 Å². The fourth-order valence-corrected chi connectivity index (χ4v) is 1.63. The molecule has 0 aliphatic heterocycles. The molecule has 0 aromatic carbocycles. The van der Waals surface area contributed by atoms with E-state index in [0.717, 1.165) is 18.2 Å². The molecule has 0 spiro atoms. The molecule has 0 unspecified atom stereocenters. The van der Waals surface area contributed by atoms with Crippen molar-refractivity contribution in [1.82, 2.24) is 15.1 Å². The molecule has 2 aromatic rings. The van der Waals surface area contributed by atoms with Crippen LogP contribution in [0.3, 0.4) is 0 Å². The Balaban J connectivity index is 2.01. The maximum atomic E-state index is 12.4. The smallest absolute Gasteiger partial charge is 0.435 e. The van der Waals surface area contributed by atoms with Crippen molar-refractivity contribution in [2.45, 2.75) is 26.2 Å². The second-order valence-corrected chi connectivity index (χ2v) is 4.10. The Morgan fingerprint density at radius 1 is 1.42 bits per heavy atom. The second kappa shape index (κ2) is 5.48. The van der Waals surface area contributed by atoms with E-state index in [9.17, 15) is 13.2 Å². The van der Waals surface area contributed by atoms with Crippen molar-refractivity contribution < 1.29 is 17.6 Å². The van der Waals surface area contributed by atoms with Crippen LogP contribution >= 0.6 is 0 Å². The van der Waals surface area contributed by atoms with Crippen LogP contribution in [-0.2, 0) is 19.3 Å². The zero-order valence-electron chi connectivity index (χ0n) is 10.4. The Hall–Kier alpha value is -1.76. The molecular weight excluding hydrogens is 259 g/mol. The summed E-state index contributed by atoms with van der Waals surface area (Å²) in [6, 6.07) is 2.75. The number of nitrogens with zero attached hydrogens (tertiary/aromatic N) is 2. The van der Waals surface area contributed by atoms with Gasteiger partial charge in [0, 0.05) is 18.3 Å². The molecule has 0 amide bonds. The molecule has 0 atom stereocenters. The molecule has 0 fully saturated rings. The monoisotopic (exact) mass is 273 g/mol. The second-order valence-electron chi connectivity index (χ2n) is 4.10. The van der Waals surface area contributed by atoms with Crippen LogP contribution < -0.4 is 5.32 Å². The summed E-state index contributed by atoms with van der Waals surface area (Å²) in [6.45, 7) is 3.69. The Morgan fingerprint density at radius 3 is 2.84 bits per heavy atom. The third-order valence-corrected chi connectivity index (χ3v) is 2.54. The van der Waals surface area contributed by atoms with Crippen LogP contribution in [0.5, 0.6) is 0 Å². The van der Waals surface area contributed by atoms with Crippen LogP contribution in [0.1, 0.15) is 23.9 Å². The average molecular weight is 273 g/mol. The normalized spacial score (nSPS) is 12.0. The van der Waals surface area contributed by atoms with Gasteiger partial charge in [0.1, 0.15) is 5.76 Å². The molecule has 1 N–H and O–H groups in total. The fourth-order valence-electron chi connectivity index (χ4n) is 1.63. The van der Waals surface area contributed by atoms with E-state index < -0.39 is 11.9 Å². The summed E-state index contributed by atoms with van der Waals surface area (Å²) in [5, 5.41) is 6.60. The highest BCUT2D eigenvalue weighted by atomic mass is 19.4. The molecule has 0 saturated carbocycles. The number of rotatable bonds is 5. The standard InChI is InChI=1S/C12H14F3N3O/c1-2-16-6-9-5-10(19-8-9)7-18-4-3-11(17-18)12(13,14)15/h3-5,8,16H,2,6-7H2,1H3. The van der Waals surface area contributed by atoms with Gasteiger partial charge in [-0.3, -0.25) is 4.68 Å². The van der Waals surface area contributed by atoms with E-state index in [1.54, 1.807) is 12.3 Å². The Labute approximate surface area is 108 Å². The van der Waals surface area contributed by atoms with Gasteiger partial charge < -0.3 is 9.73 Å². The van der Waals surface area contributed by atoms with Crippen molar-refractivity contribution in [1.29, 1.82) is 0 Å². The molecule has 19 heavy (non-hydrogen) atoms. The third-order valence-electron chi connectivity index (χ3n) is 2.54. The van der Waals surface area contributed by atoms with E-state index in [-0.39, 0.29) is 6.54 Å². The lowest BCUT2D eigenvalue weighted by Gasteiger charge is -2.01.